The van der Waals surface area contributed by atoms with Gasteiger partial charge in [-0.1, -0.05) is 48.6 Å². The molecule has 1 heterocycles. The number of allylic oxidation sites excluding steroid dienone is 9. The van der Waals surface area contributed by atoms with Crippen molar-refractivity contribution < 1.29 is 4.74 Å². The van der Waals surface area contributed by atoms with E-state index in [0.29, 0.717) is 0 Å². The summed E-state index contributed by atoms with van der Waals surface area (Å²) in [6.07, 6.45) is 18.3. The van der Waals surface area contributed by atoms with E-state index in [-0.39, 0.29) is 5.92 Å². The number of methoxy groups -OCH3 is 1. The average molecular weight is 329 g/mol. The summed E-state index contributed by atoms with van der Waals surface area (Å²) < 4.78 is 7.17. The highest BCUT2D eigenvalue weighted by Crippen LogP contribution is 2.30. The fraction of sp³-hybridized carbons (Fsp3) is 0.143. The zero-order valence-corrected chi connectivity index (χ0v) is 14.0. The molecule has 0 fully saturated rings. The van der Waals surface area contributed by atoms with Crippen LogP contribution in [0.15, 0.2) is 90.8 Å². The second-order valence-corrected chi connectivity index (χ2v) is 6.08. The topological polar surface area (TPSA) is 39.9 Å². The van der Waals surface area contributed by atoms with Crippen molar-refractivity contribution in [3.63, 3.8) is 0 Å². The van der Waals surface area contributed by atoms with Gasteiger partial charge in [-0.2, -0.15) is 5.10 Å². The zero-order chi connectivity index (χ0) is 17.1. The van der Waals surface area contributed by atoms with E-state index in [9.17, 15) is 0 Å². The molecule has 0 saturated carbocycles. The third-order valence-electron chi connectivity index (χ3n) is 4.39. The van der Waals surface area contributed by atoms with Crippen LogP contribution in [0.2, 0.25) is 0 Å². The smallest absolute Gasteiger partial charge is 0.137 e. The van der Waals surface area contributed by atoms with E-state index in [0.717, 1.165) is 12.3 Å². The highest BCUT2D eigenvalue weighted by atomic mass is 16.5. The van der Waals surface area contributed by atoms with E-state index in [1.165, 1.54) is 22.3 Å². The van der Waals surface area contributed by atoms with Crippen LogP contribution in [0.1, 0.15) is 11.1 Å². The van der Waals surface area contributed by atoms with Crippen molar-refractivity contribution in [1.29, 1.82) is 0 Å². The standard InChI is InChI=1S/C21H19N3O/c1-25-21-9-8-20-11-18(6-3-7-19(20)12-21)17-5-2-4-16(10-17)13-24-15-22-14-23-24/h2-12,14-15,19H,13H2,1H3. The zero-order valence-electron chi connectivity index (χ0n) is 14.0. The highest BCUT2D eigenvalue weighted by Gasteiger charge is 2.15. The lowest BCUT2D eigenvalue weighted by molar-refractivity contribution is 0.303. The maximum absolute atomic E-state index is 5.34. The predicted octanol–water partition coefficient (Wildman–Crippen LogP) is 3.92. The van der Waals surface area contributed by atoms with Gasteiger partial charge in [0.05, 0.1) is 13.7 Å². The van der Waals surface area contributed by atoms with Gasteiger partial charge in [-0.3, -0.25) is 0 Å². The molecule has 0 aliphatic heterocycles. The van der Waals surface area contributed by atoms with Crippen LogP contribution in [0.5, 0.6) is 0 Å². The van der Waals surface area contributed by atoms with Crippen LogP contribution in [0.4, 0.5) is 0 Å². The molecule has 0 bridgehead atoms. The average Bonchev–Trinajstić information content (AvgIpc) is 3.05. The number of benzene rings is 1. The van der Waals surface area contributed by atoms with E-state index < -0.39 is 0 Å². The molecule has 0 N–H and O–H groups in total. The largest absolute Gasteiger partial charge is 0.497 e. The Bertz CT molecular complexity index is 914. The first-order chi connectivity index (χ1) is 12.3. The molecule has 2 aliphatic rings. The predicted molar refractivity (Wildman–Crippen MR) is 98.5 cm³/mol. The molecule has 1 atom stereocenters. The maximum Gasteiger partial charge on any atom is 0.137 e. The monoisotopic (exact) mass is 329 g/mol. The molecule has 2 aromatic rings. The van der Waals surface area contributed by atoms with Crippen molar-refractivity contribution in [2.45, 2.75) is 6.54 Å². The summed E-state index contributed by atoms with van der Waals surface area (Å²) in [6, 6.07) is 8.56. The number of nitrogens with zero attached hydrogens (tertiary/aromatic N) is 3. The fourth-order valence-corrected chi connectivity index (χ4v) is 3.10. The molecular formula is C21H19N3O. The highest BCUT2D eigenvalue weighted by molar-refractivity contribution is 5.78. The Kier molecular flexibility index (Phi) is 4.17. The molecule has 1 aromatic heterocycles. The Balaban J connectivity index is 1.62. The van der Waals surface area contributed by atoms with Crippen LogP contribution < -0.4 is 0 Å². The van der Waals surface area contributed by atoms with E-state index in [4.69, 9.17) is 4.74 Å². The van der Waals surface area contributed by atoms with Crippen LogP contribution in [0.25, 0.3) is 5.57 Å². The second-order valence-electron chi connectivity index (χ2n) is 6.08. The summed E-state index contributed by atoms with van der Waals surface area (Å²) in [5.74, 6) is 1.16. The van der Waals surface area contributed by atoms with Crippen LogP contribution in [0, 0.1) is 5.92 Å². The molecule has 1 unspecified atom stereocenters. The van der Waals surface area contributed by atoms with Gasteiger partial charge in [0.25, 0.3) is 0 Å². The first-order valence-electron chi connectivity index (χ1n) is 8.27. The second kappa shape index (κ2) is 6.77. The van der Waals surface area contributed by atoms with Crippen molar-refractivity contribution >= 4 is 5.57 Å². The van der Waals surface area contributed by atoms with Gasteiger partial charge in [-0.05, 0) is 40.5 Å². The summed E-state index contributed by atoms with van der Waals surface area (Å²) in [6.45, 7) is 0.718. The molecule has 4 heteroatoms. The Morgan fingerprint density at radius 2 is 2.20 bits per heavy atom. The Morgan fingerprint density at radius 1 is 1.24 bits per heavy atom. The van der Waals surface area contributed by atoms with Gasteiger partial charge in [-0.15, -0.1) is 0 Å². The van der Waals surface area contributed by atoms with Crippen LogP contribution in [-0.4, -0.2) is 21.9 Å². The SMILES string of the molecule is COC1=CC2C=CC=C(c3cccc(Cn4cncn4)c3)C=C2C=C1. The minimum absolute atomic E-state index is 0.257. The van der Waals surface area contributed by atoms with Crippen molar-refractivity contribution in [3.05, 3.63) is 102 Å². The van der Waals surface area contributed by atoms with Crippen molar-refractivity contribution in [2.75, 3.05) is 7.11 Å². The molecule has 0 amide bonds. The quantitative estimate of drug-likeness (QED) is 0.853. The fourth-order valence-electron chi connectivity index (χ4n) is 3.10. The molecule has 124 valence electrons. The lowest BCUT2D eigenvalue weighted by Crippen LogP contribution is -2.02. The van der Waals surface area contributed by atoms with Gasteiger partial charge in [-0.25, -0.2) is 9.67 Å². The van der Waals surface area contributed by atoms with Crippen molar-refractivity contribution in [1.82, 2.24) is 14.8 Å². The number of aromatic nitrogens is 3. The summed E-state index contributed by atoms with van der Waals surface area (Å²) >= 11 is 0. The van der Waals surface area contributed by atoms with Gasteiger partial charge >= 0.3 is 0 Å². The van der Waals surface area contributed by atoms with Crippen molar-refractivity contribution in [3.8, 4) is 0 Å². The minimum atomic E-state index is 0.257. The molecule has 1 aromatic carbocycles. The van der Waals surface area contributed by atoms with Gasteiger partial charge < -0.3 is 4.74 Å². The van der Waals surface area contributed by atoms with Crippen LogP contribution in [-0.2, 0) is 11.3 Å². The lowest BCUT2D eigenvalue weighted by atomic mass is 9.92. The van der Waals surface area contributed by atoms with E-state index >= 15 is 0 Å². The number of rotatable bonds is 4. The summed E-state index contributed by atoms with van der Waals surface area (Å²) in [7, 11) is 1.70. The van der Waals surface area contributed by atoms with Gasteiger partial charge in [0.1, 0.15) is 18.4 Å². The van der Waals surface area contributed by atoms with Crippen molar-refractivity contribution in [2.24, 2.45) is 5.92 Å². The lowest BCUT2D eigenvalue weighted by Gasteiger charge is -2.16. The first-order valence-corrected chi connectivity index (χ1v) is 8.27. The molecule has 0 saturated heterocycles. The maximum atomic E-state index is 5.34. The first kappa shape index (κ1) is 15.4. The Hall–Kier alpha value is -3.14. The normalized spacial score (nSPS) is 18.8. The van der Waals surface area contributed by atoms with Crippen LogP contribution >= 0.6 is 0 Å². The molecule has 0 spiro atoms. The molecular weight excluding hydrogens is 310 g/mol. The Labute approximate surface area is 147 Å². The molecule has 2 aliphatic carbocycles. The molecule has 4 rings (SSSR count). The van der Waals surface area contributed by atoms with Gasteiger partial charge in [0.2, 0.25) is 0 Å². The minimum Gasteiger partial charge on any atom is -0.497 e. The number of fused-ring (bicyclic) bond motifs is 1. The third-order valence-corrected chi connectivity index (χ3v) is 4.39. The molecule has 4 nitrogen and oxygen atoms in total. The number of hydrogen-bond acceptors (Lipinski definition) is 3. The van der Waals surface area contributed by atoms with Gasteiger partial charge in [0, 0.05) is 5.92 Å². The van der Waals surface area contributed by atoms with E-state index in [1.807, 2.05) is 10.8 Å². The van der Waals surface area contributed by atoms with Gasteiger partial charge in [0.15, 0.2) is 0 Å². The number of ether oxygens (including phenoxy) is 1. The van der Waals surface area contributed by atoms with E-state index in [1.54, 1.807) is 19.8 Å². The Morgan fingerprint density at radius 3 is 3.04 bits per heavy atom. The summed E-state index contributed by atoms with van der Waals surface area (Å²) in [5.41, 5.74) is 4.87. The summed E-state index contributed by atoms with van der Waals surface area (Å²) in [4.78, 5) is 4.00. The van der Waals surface area contributed by atoms with E-state index in [2.05, 4.69) is 70.8 Å². The summed E-state index contributed by atoms with van der Waals surface area (Å²) in [5, 5.41) is 4.18. The third kappa shape index (κ3) is 3.38. The van der Waals surface area contributed by atoms with Crippen LogP contribution in [0.3, 0.4) is 0 Å². The molecule has 25 heavy (non-hydrogen) atoms. The molecule has 0 radical (unpaired) electrons. The number of hydrogen-bond donors (Lipinski definition) is 0.